The van der Waals surface area contributed by atoms with Crippen LogP contribution >= 0.6 is 0 Å². The molecule has 1 amide bonds. The lowest BCUT2D eigenvalue weighted by molar-refractivity contribution is -0.125. The highest BCUT2D eigenvalue weighted by Crippen LogP contribution is 2.40. The van der Waals surface area contributed by atoms with E-state index >= 15 is 0 Å². The van der Waals surface area contributed by atoms with Crippen molar-refractivity contribution in [2.75, 3.05) is 51.2 Å². The fourth-order valence-corrected chi connectivity index (χ4v) is 4.56. The zero-order chi connectivity index (χ0) is 26.2. The van der Waals surface area contributed by atoms with E-state index in [-0.39, 0.29) is 17.7 Å². The van der Waals surface area contributed by atoms with Gasteiger partial charge in [-0.2, -0.15) is 4.98 Å². The lowest BCUT2D eigenvalue weighted by Crippen LogP contribution is -2.44. The van der Waals surface area contributed by atoms with Gasteiger partial charge in [-0.05, 0) is 30.4 Å². The summed E-state index contributed by atoms with van der Waals surface area (Å²) in [5, 5.41) is 6.38. The second-order valence-corrected chi connectivity index (χ2v) is 9.12. The van der Waals surface area contributed by atoms with Crippen LogP contribution in [-0.2, 0) is 4.79 Å². The molecular weight excluding hydrogens is 470 g/mol. The van der Waals surface area contributed by atoms with E-state index in [0.29, 0.717) is 42.0 Å². The third-order valence-electron chi connectivity index (χ3n) is 6.63. The summed E-state index contributed by atoms with van der Waals surface area (Å²) in [7, 11) is 4.71. The molecule has 1 aliphatic rings. The number of hydrogen-bond acceptors (Lipinski definition) is 8. The summed E-state index contributed by atoms with van der Waals surface area (Å²) in [5.41, 5.74) is 1.93. The van der Waals surface area contributed by atoms with Crippen molar-refractivity contribution in [3.05, 3.63) is 60.3 Å². The van der Waals surface area contributed by atoms with Crippen molar-refractivity contribution in [3.63, 3.8) is 0 Å². The molecule has 0 bridgehead atoms. The fourth-order valence-electron chi connectivity index (χ4n) is 4.56. The van der Waals surface area contributed by atoms with E-state index in [2.05, 4.69) is 39.6 Å². The van der Waals surface area contributed by atoms with Crippen LogP contribution < -0.4 is 29.7 Å². The van der Waals surface area contributed by atoms with E-state index in [1.165, 1.54) is 5.56 Å². The number of piperidine rings is 1. The van der Waals surface area contributed by atoms with Crippen molar-refractivity contribution >= 4 is 23.4 Å². The molecule has 2 aromatic carbocycles. The number of aromatic nitrogens is 2. The molecule has 0 unspecified atom stereocenters. The van der Waals surface area contributed by atoms with Crippen molar-refractivity contribution in [3.8, 4) is 17.2 Å². The quantitative estimate of drug-likeness (QED) is 0.419. The van der Waals surface area contributed by atoms with Gasteiger partial charge in [0.25, 0.3) is 0 Å². The van der Waals surface area contributed by atoms with Gasteiger partial charge in [-0.15, -0.1) is 0 Å². The molecule has 2 heterocycles. The van der Waals surface area contributed by atoms with Gasteiger partial charge in [0.05, 0.1) is 27.2 Å². The topological polar surface area (TPSA) is 97.8 Å². The van der Waals surface area contributed by atoms with Gasteiger partial charge >= 0.3 is 0 Å². The highest BCUT2D eigenvalue weighted by molar-refractivity contribution is 5.79. The normalized spacial score (nSPS) is 16.0. The monoisotopic (exact) mass is 505 g/mol. The summed E-state index contributed by atoms with van der Waals surface area (Å²) < 4.78 is 16.3. The maximum absolute atomic E-state index is 13.0. The van der Waals surface area contributed by atoms with Crippen LogP contribution in [0.1, 0.15) is 31.2 Å². The fraction of sp³-hybridized carbons (Fsp3) is 0.393. The van der Waals surface area contributed by atoms with Gasteiger partial charge in [0.15, 0.2) is 11.5 Å². The van der Waals surface area contributed by atoms with Gasteiger partial charge in [0.1, 0.15) is 5.82 Å². The van der Waals surface area contributed by atoms with Crippen LogP contribution in [0.5, 0.6) is 17.2 Å². The molecule has 1 aliphatic heterocycles. The zero-order valence-electron chi connectivity index (χ0n) is 21.9. The van der Waals surface area contributed by atoms with Crippen molar-refractivity contribution in [1.82, 2.24) is 15.3 Å². The largest absolute Gasteiger partial charge is 0.493 e. The number of benzene rings is 2. The Hall–Kier alpha value is -4.01. The van der Waals surface area contributed by atoms with Gasteiger partial charge in [-0.1, -0.05) is 37.3 Å². The molecule has 0 aliphatic carbocycles. The molecule has 9 nitrogen and oxygen atoms in total. The zero-order valence-corrected chi connectivity index (χ0v) is 21.9. The molecule has 3 aromatic rings. The van der Waals surface area contributed by atoms with Crippen molar-refractivity contribution in [1.29, 1.82) is 0 Å². The van der Waals surface area contributed by atoms with Crippen molar-refractivity contribution < 1.29 is 19.0 Å². The number of nitrogens with one attached hydrogen (secondary N) is 2. The van der Waals surface area contributed by atoms with Crippen LogP contribution in [0, 0.1) is 5.92 Å². The molecule has 9 heteroatoms. The first-order valence-corrected chi connectivity index (χ1v) is 12.5. The molecular formula is C28H35N5O4. The van der Waals surface area contributed by atoms with Crippen LogP contribution in [0.4, 0.5) is 17.5 Å². The number of nitrogens with zero attached hydrogens (tertiary/aromatic N) is 3. The van der Waals surface area contributed by atoms with Gasteiger partial charge in [0, 0.05) is 43.7 Å². The first-order chi connectivity index (χ1) is 18.0. The summed E-state index contributed by atoms with van der Waals surface area (Å²) in [5.74, 6) is 3.07. The predicted molar refractivity (Wildman–Crippen MR) is 144 cm³/mol. The minimum atomic E-state index is -0.0850. The standard InChI is InChI=1S/C28H35N5O4/c1-19(20-9-6-5-7-10-20)17-30-27(34)21-11-8-14-33(18-21)25-12-13-29-28(32-25)31-22-15-23(35-2)26(37-4)24(16-22)36-3/h5-7,9-10,12-13,15-16,19,21H,8,11,14,17-18H2,1-4H3,(H,30,34)(H,29,31,32)/t19-,21-/m0/s1. The molecule has 0 saturated carbocycles. The highest BCUT2D eigenvalue weighted by Gasteiger charge is 2.27. The number of methoxy groups -OCH3 is 3. The second-order valence-electron chi connectivity index (χ2n) is 9.12. The third kappa shape index (κ3) is 6.41. The molecule has 1 fully saturated rings. The van der Waals surface area contributed by atoms with Crippen LogP contribution in [0.3, 0.4) is 0 Å². The van der Waals surface area contributed by atoms with Gasteiger partial charge in [-0.25, -0.2) is 4.98 Å². The number of amides is 1. The Balaban J connectivity index is 1.40. The molecule has 1 saturated heterocycles. The van der Waals surface area contributed by atoms with Crippen LogP contribution in [0.25, 0.3) is 0 Å². The smallest absolute Gasteiger partial charge is 0.229 e. The summed E-state index contributed by atoms with van der Waals surface area (Å²) >= 11 is 0. The Morgan fingerprint density at radius 2 is 1.81 bits per heavy atom. The third-order valence-corrected chi connectivity index (χ3v) is 6.63. The van der Waals surface area contributed by atoms with Gasteiger partial charge in [-0.3, -0.25) is 4.79 Å². The summed E-state index contributed by atoms with van der Waals surface area (Å²) in [4.78, 5) is 24.2. The predicted octanol–water partition coefficient (Wildman–Crippen LogP) is 4.38. The van der Waals surface area contributed by atoms with Crippen molar-refractivity contribution in [2.45, 2.75) is 25.7 Å². The van der Waals surface area contributed by atoms with E-state index in [9.17, 15) is 4.79 Å². The second kappa shape index (κ2) is 12.3. The SMILES string of the molecule is COc1cc(Nc2nccc(N3CCC[C@H](C(=O)NC[C@H](C)c4ccccc4)C3)n2)cc(OC)c1OC. The molecule has 1 aromatic heterocycles. The van der Waals surface area contributed by atoms with Gasteiger partial charge in [0.2, 0.25) is 17.6 Å². The maximum Gasteiger partial charge on any atom is 0.229 e. The molecule has 37 heavy (non-hydrogen) atoms. The Kier molecular flexibility index (Phi) is 8.66. The molecule has 196 valence electrons. The van der Waals surface area contributed by atoms with E-state index in [4.69, 9.17) is 19.2 Å². The minimum Gasteiger partial charge on any atom is -0.493 e. The first kappa shape index (κ1) is 26.1. The van der Waals surface area contributed by atoms with E-state index in [0.717, 1.165) is 25.2 Å². The lowest BCUT2D eigenvalue weighted by atomic mass is 9.96. The van der Waals surface area contributed by atoms with E-state index in [1.54, 1.807) is 39.7 Å². The number of carbonyl (C=O) groups is 1. The van der Waals surface area contributed by atoms with Crippen molar-refractivity contribution in [2.24, 2.45) is 5.92 Å². The van der Waals surface area contributed by atoms with Crippen LogP contribution in [-0.4, -0.2) is 56.8 Å². The Morgan fingerprint density at radius 3 is 2.49 bits per heavy atom. The Morgan fingerprint density at radius 1 is 1.08 bits per heavy atom. The molecule has 2 N–H and O–H groups in total. The first-order valence-electron chi connectivity index (χ1n) is 12.5. The Bertz CT molecular complexity index is 1170. The van der Waals surface area contributed by atoms with E-state index in [1.807, 2.05) is 24.3 Å². The number of ether oxygens (including phenoxy) is 3. The lowest BCUT2D eigenvalue weighted by Gasteiger charge is -2.33. The summed E-state index contributed by atoms with van der Waals surface area (Å²) in [6, 6.07) is 15.7. The summed E-state index contributed by atoms with van der Waals surface area (Å²) in [6.45, 7) is 4.21. The number of carbonyl (C=O) groups excluding carboxylic acids is 1. The molecule has 4 rings (SSSR count). The Labute approximate surface area is 218 Å². The van der Waals surface area contributed by atoms with Gasteiger partial charge < -0.3 is 29.7 Å². The van der Waals surface area contributed by atoms with Crippen LogP contribution in [0.2, 0.25) is 0 Å². The summed E-state index contributed by atoms with van der Waals surface area (Å²) in [6.07, 6.45) is 3.50. The molecule has 0 spiro atoms. The minimum absolute atomic E-state index is 0.0850. The molecule has 2 atom stereocenters. The maximum atomic E-state index is 13.0. The number of hydrogen-bond donors (Lipinski definition) is 2. The number of anilines is 3. The van der Waals surface area contributed by atoms with E-state index < -0.39 is 0 Å². The van der Waals surface area contributed by atoms with Crippen LogP contribution in [0.15, 0.2) is 54.7 Å². The molecule has 0 radical (unpaired) electrons. The highest BCUT2D eigenvalue weighted by atomic mass is 16.5. The number of rotatable bonds is 10. The average Bonchev–Trinajstić information content (AvgIpc) is 2.95. The average molecular weight is 506 g/mol.